The number of para-hydroxylation sites is 3. The van der Waals surface area contributed by atoms with Crippen LogP contribution in [-0.2, 0) is 0 Å². The highest BCUT2D eigenvalue weighted by molar-refractivity contribution is 6.19. The van der Waals surface area contributed by atoms with Crippen molar-refractivity contribution in [3.63, 3.8) is 0 Å². The molecule has 178 valence electrons. The molecule has 8 aromatic rings. The molecule has 0 saturated carbocycles. The topological polar surface area (TPSA) is 9.86 Å². The van der Waals surface area contributed by atoms with Gasteiger partial charge < -0.3 is 9.13 Å². The second-order valence-electron chi connectivity index (χ2n) is 9.84. The zero-order chi connectivity index (χ0) is 25.1. The molecule has 0 aliphatic carbocycles. The largest absolute Gasteiger partial charge is 0.309 e. The number of hydrogen-bond donors (Lipinski definition) is 0. The monoisotopic (exact) mass is 484 g/mol. The molecule has 0 atom stereocenters. The van der Waals surface area contributed by atoms with E-state index in [2.05, 4.69) is 155 Å². The molecule has 0 amide bonds. The lowest BCUT2D eigenvalue weighted by atomic mass is 10.1. The Bertz CT molecular complexity index is 2110. The minimum absolute atomic E-state index is 1.17. The molecule has 0 aliphatic heterocycles. The van der Waals surface area contributed by atoms with Crippen molar-refractivity contribution in [2.45, 2.75) is 0 Å². The summed E-state index contributed by atoms with van der Waals surface area (Å²) in [4.78, 5) is 0. The number of benzene rings is 6. The first-order valence-corrected chi connectivity index (χ1v) is 13.0. The van der Waals surface area contributed by atoms with E-state index >= 15 is 0 Å². The van der Waals surface area contributed by atoms with Crippen LogP contribution in [0.5, 0.6) is 0 Å². The molecule has 0 fully saturated rings. The van der Waals surface area contributed by atoms with Gasteiger partial charge in [0.15, 0.2) is 0 Å². The normalized spacial score (nSPS) is 11.7. The highest BCUT2D eigenvalue weighted by Crippen LogP contribution is 2.39. The summed E-state index contributed by atoms with van der Waals surface area (Å²) in [5.74, 6) is 0. The van der Waals surface area contributed by atoms with Gasteiger partial charge in [-0.1, -0.05) is 97.1 Å². The average Bonchev–Trinajstić information content (AvgIpc) is 3.49. The van der Waals surface area contributed by atoms with E-state index in [0.29, 0.717) is 0 Å². The number of rotatable bonds is 3. The zero-order valence-electron chi connectivity index (χ0n) is 20.8. The highest BCUT2D eigenvalue weighted by atomic mass is 15.0. The Morgan fingerprint density at radius 2 is 0.789 bits per heavy atom. The first-order valence-electron chi connectivity index (χ1n) is 13.0. The summed E-state index contributed by atoms with van der Waals surface area (Å²) in [6, 6.07) is 52.4. The molecule has 2 nitrogen and oxygen atoms in total. The quantitative estimate of drug-likeness (QED) is 0.236. The van der Waals surface area contributed by atoms with Crippen LogP contribution in [0.15, 0.2) is 146 Å². The van der Waals surface area contributed by atoms with Gasteiger partial charge in [-0.15, -0.1) is 0 Å². The van der Waals surface area contributed by atoms with Gasteiger partial charge in [-0.25, -0.2) is 0 Å². The molecule has 0 N–H and O–H groups in total. The number of hydrogen-bond acceptors (Lipinski definition) is 0. The first kappa shape index (κ1) is 21.0. The molecular formula is C36H24N2. The van der Waals surface area contributed by atoms with Crippen molar-refractivity contribution in [3.8, 4) is 22.5 Å². The summed E-state index contributed by atoms with van der Waals surface area (Å²) in [5.41, 5.74) is 9.65. The Labute approximate surface area is 220 Å². The van der Waals surface area contributed by atoms with E-state index in [1.807, 2.05) is 0 Å². The van der Waals surface area contributed by atoms with E-state index in [1.54, 1.807) is 0 Å². The molecule has 2 heterocycles. The number of fused-ring (bicyclic) bond motifs is 6. The predicted molar refractivity (Wildman–Crippen MR) is 161 cm³/mol. The van der Waals surface area contributed by atoms with Gasteiger partial charge in [-0.2, -0.15) is 0 Å². The summed E-state index contributed by atoms with van der Waals surface area (Å²) < 4.78 is 4.82. The third-order valence-electron chi connectivity index (χ3n) is 7.69. The summed E-state index contributed by atoms with van der Waals surface area (Å²) in [6.45, 7) is 0. The van der Waals surface area contributed by atoms with Crippen LogP contribution in [0.2, 0.25) is 0 Å². The molecule has 2 aromatic heterocycles. The van der Waals surface area contributed by atoms with Crippen molar-refractivity contribution in [1.29, 1.82) is 0 Å². The molecule has 6 aromatic carbocycles. The lowest BCUT2D eigenvalue weighted by Gasteiger charge is -2.11. The zero-order valence-corrected chi connectivity index (χ0v) is 20.8. The fraction of sp³-hybridized carbons (Fsp3) is 0. The van der Waals surface area contributed by atoms with Crippen LogP contribution < -0.4 is 0 Å². The number of aromatic nitrogens is 2. The lowest BCUT2D eigenvalue weighted by molar-refractivity contribution is 1.16. The van der Waals surface area contributed by atoms with Crippen LogP contribution in [0, 0.1) is 0 Å². The summed E-state index contributed by atoms with van der Waals surface area (Å²) in [7, 11) is 0. The van der Waals surface area contributed by atoms with E-state index < -0.39 is 0 Å². The van der Waals surface area contributed by atoms with E-state index in [-0.39, 0.29) is 0 Å². The molecule has 0 bridgehead atoms. The van der Waals surface area contributed by atoms with Crippen molar-refractivity contribution in [3.05, 3.63) is 146 Å². The van der Waals surface area contributed by atoms with Gasteiger partial charge in [-0.05, 0) is 59.7 Å². The van der Waals surface area contributed by atoms with Crippen LogP contribution >= 0.6 is 0 Å². The standard InChI is InChI=1S/C36H24N2/c1-3-12-25(13-4-1)26-14-11-17-28(22-26)38-34-21-10-8-19-30(34)32-23-31-29-18-7-9-20-33(29)37(35(31)24-36(32)38)27-15-5-2-6-16-27/h1-24H. The van der Waals surface area contributed by atoms with Gasteiger partial charge >= 0.3 is 0 Å². The van der Waals surface area contributed by atoms with Crippen molar-refractivity contribution in [2.75, 3.05) is 0 Å². The Balaban J connectivity index is 1.50. The minimum atomic E-state index is 1.17. The fourth-order valence-electron chi connectivity index (χ4n) is 6.02. The van der Waals surface area contributed by atoms with Gasteiger partial charge in [0, 0.05) is 32.9 Å². The van der Waals surface area contributed by atoms with Gasteiger partial charge in [0.2, 0.25) is 0 Å². The summed E-state index contributed by atoms with van der Waals surface area (Å²) in [5, 5.41) is 5.09. The van der Waals surface area contributed by atoms with Crippen LogP contribution in [0.4, 0.5) is 0 Å². The van der Waals surface area contributed by atoms with Gasteiger partial charge in [0.1, 0.15) is 0 Å². The molecule has 2 heteroatoms. The van der Waals surface area contributed by atoms with Crippen LogP contribution in [0.25, 0.3) is 66.1 Å². The van der Waals surface area contributed by atoms with E-state index in [0.717, 1.165) is 0 Å². The van der Waals surface area contributed by atoms with Crippen molar-refractivity contribution in [1.82, 2.24) is 9.13 Å². The van der Waals surface area contributed by atoms with E-state index in [9.17, 15) is 0 Å². The highest BCUT2D eigenvalue weighted by Gasteiger charge is 2.18. The minimum Gasteiger partial charge on any atom is -0.309 e. The van der Waals surface area contributed by atoms with E-state index in [4.69, 9.17) is 0 Å². The third kappa shape index (κ3) is 3.07. The van der Waals surface area contributed by atoms with Gasteiger partial charge in [0.25, 0.3) is 0 Å². The lowest BCUT2D eigenvalue weighted by Crippen LogP contribution is -1.96. The fourth-order valence-corrected chi connectivity index (χ4v) is 6.02. The van der Waals surface area contributed by atoms with Crippen molar-refractivity contribution in [2.24, 2.45) is 0 Å². The molecule has 0 radical (unpaired) electrons. The molecule has 38 heavy (non-hydrogen) atoms. The van der Waals surface area contributed by atoms with E-state index in [1.165, 1.54) is 66.1 Å². The number of nitrogens with zero attached hydrogens (tertiary/aromatic N) is 2. The molecule has 0 spiro atoms. The smallest absolute Gasteiger partial charge is 0.0562 e. The molecule has 8 rings (SSSR count). The predicted octanol–water partition coefficient (Wildman–Crippen LogP) is 9.55. The molecule has 0 aliphatic rings. The second kappa shape index (κ2) is 8.22. The molecule has 0 unspecified atom stereocenters. The van der Waals surface area contributed by atoms with Crippen molar-refractivity contribution < 1.29 is 0 Å². The maximum Gasteiger partial charge on any atom is 0.0562 e. The van der Waals surface area contributed by atoms with Gasteiger partial charge in [-0.3, -0.25) is 0 Å². The summed E-state index contributed by atoms with van der Waals surface area (Å²) >= 11 is 0. The Kier molecular flexibility index (Phi) is 4.55. The maximum atomic E-state index is 2.42. The Morgan fingerprint density at radius 3 is 1.45 bits per heavy atom. The average molecular weight is 485 g/mol. The summed E-state index contributed by atoms with van der Waals surface area (Å²) in [6.07, 6.45) is 0. The Morgan fingerprint density at radius 1 is 0.289 bits per heavy atom. The van der Waals surface area contributed by atoms with Crippen LogP contribution in [-0.4, -0.2) is 9.13 Å². The second-order valence-corrected chi connectivity index (χ2v) is 9.84. The molecular weight excluding hydrogens is 460 g/mol. The van der Waals surface area contributed by atoms with Crippen molar-refractivity contribution >= 4 is 43.6 Å². The Hall–Kier alpha value is -5.08. The third-order valence-corrected chi connectivity index (χ3v) is 7.69. The molecule has 0 saturated heterocycles. The maximum absolute atomic E-state index is 2.42. The first-order chi connectivity index (χ1) is 18.9. The van der Waals surface area contributed by atoms with Crippen LogP contribution in [0.3, 0.4) is 0 Å². The van der Waals surface area contributed by atoms with Gasteiger partial charge in [0.05, 0.1) is 22.1 Å². The SMILES string of the molecule is c1ccc(-c2cccc(-n3c4ccccc4c4cc5c6ccccc6n(-c6ccccc6)c5cc43)c2)cc1. The van der Waals surface area contributed by atoms with Crippen LogP contribution in [0.1, 0.15) is 0 Å².